The van der Waals surface area contributed by atoms with Gasteiger partial charge in [0.25, 0.3) is 0 Å². The molecule has 0 saturated heterocycles. The predicted molar refractivity (Wildman–Crippen MR) is 107 cm³/mol. The summed E-state index contributed by atoms with van der Waals surface area (Å²) in [5, 5.41) is 19.3. The zero-order valence-corrected chi connectivity index (χ0v) is 17.5. The van der Waals surface area contributed by atoms with Gasteiger partial charge in [-0.05, 0) is 23.7 Å². The Balaban J connectivity index is 2.98. The highest BCUT2D eigenvalue weighted by Gasteiger charge is 2.41. The SMILES string of the molecule is C#C[C@@H](O)C[C@@H](OCc1ccccc1)[C@H](CC#N)O[Si](C)(C)C(C)(C)C. The highest BCUT2D eigenvalue weighted by atomic mass is 28.4. The molecule has 1 aromatic carbocycles. The van der Waals surface area contributed by atoms with Gasteiger partial charge in [-0.3, -0.25) is 0 Å². The van der Waals surface area contributed by atoms with Gasteiger partial charge in [-0.25, -0.2) is 0 Å². The van der Waals surface area contributed by atoms with Crippen LogP contribution >= 0.6 is 0 Å². The lowest BCUT2D eigenvalue weighted by Crippen LogP contribution is -2.48. The normalized spacial score (nSPS) is 15.5. The molecule has 3 atom stereocenters. The third-order valence-corrected chi connectivity index (χ3v) is 9.42. The monoisotopic (exact) mass is 373 g/mol. The van der Waals surface area contributed by atoms with E-state index in [9.17, 15) is 10.4 Å². The van der Waals surface area contributed by atoms with E-state index in [2.05, 4.69) is 45.9 Å². The third-order valence-electron chi connectivity index (χ3n) is 4.91. The Kier molecular flexibility index (Phi) is 8.53. The number of hydrogen-bond donors (Lipinski definition) is 1. The van der Waals surface area contributed by atoms with Crippen molar-refractivity contribution in [1.82, 2.24) is 0 Å². The van der Waals surface area contributed by atoms with Crippen molar-refractivity contribution in [3.05, 3.63) is 35.9 Å². The van der Waals surface area contributed by atoms with Crippen LogP contribution in [0.2, 0.25) is 18.1 Å². The highest BCUT2D eigenvalue weighted by molar-refractivity contribution is 6.74. The summed E-state index contributed by atoms with van der Waals surface area (Å²) in [6, 6.07) is 12.0. The maximum atomic E-state index is 9.96. The standard InChI is InChI=1S/C21H31NO3Si/c1-7-18(23)15-20(24-16-17-11-9-8-10-12-17)19(13-14-22)25-26(5,6)21(2,3)4/h1,8-12,18-20,23H,13,15-16H2,2-6H3/t18-,19+,20-/m1/s1. The van der Waals surface area contributed by atoms with Crippen LogP contribution in [-0.4, -0.2) is 31.7 Å². The Labute approximate surface area is 159 Å². The molecule has 0 aromatic heterocycles. The average molecular weight is 374 g/mol. The molecule has 1 aromatic rings. The molecular weight excluding hydrogens is 342 g/mol. The second-order valence-electron chi connectivity index (χ2n) is 8.03. The zero-order valence-electron chi connectivity index (χ0n) is 16.5. The van der Waals surface area contributed by atoms with E-state index in [1.165, 1.54) is 0 Å². The van der Waals surface area contributed by atoms with Crippen molar-refractivity contribution in [1.29, 1.82) is 5.26 Å². The van der Waals surface area contributed by atoms with Crippen LogP contribution in [0.1, 0.15) is 39.2 Å². The Bertz CT molecular complexity index is 625. The number of rotatable bonds is 9. The lowest BCUT2D eigenvalue weighted by Gasteiger charge is -2.41. The molecule has 5 heteroatoms. The van der Waals surface area contributed by atoms with Crippen LogP contribution in [-0.2, 0) is 15.8 Å². The van der Waals surface area contributed by atoms with Crippen molar-refractivity contribution in [2.45, 2.75) is 76.7 Å². The molecule has 0 bridgehead atoms. The number of nitriles is 1. The van der Waals surface area contributed by atoms with E-state index in [4.69, 9.17) is 15.6 Å². The molecule has 0 fully saturated rings. The maximum absolute atomic E-state index is 9.96. The Hall–Kier alpha value is -1.63. The van der Waals surface area contributed by atoms with Gasteiger partial charge >= 0.3 is 0 Å². The lowest BCUT2D eigenvalue weighted by atomic mass is 10.0. The molecule has 0 amide bonds. The van der Waals surface area contributed by atoms with Gasteiger partial charge in [-0.1, -0.05) is 57.0 Å². The average Bonchev–Trinajstić information content (AvgIpc) is 2.57. The predicted octanol–water partition coefficient (Wildman–Crippen LogP) is 4.26. The van der Waals surface area contributed by atoms with E-state index in [0.717, 1.165) is 5.56 Å². The summed E-state index contributed by atoms with van der Waals surface area (Å²) in [4.78, 5) is 0. The first kappa shape index (κ1) is 22.4. The summed E-state index contributed by atoms with van der Waals surface area (Å²) in [6.45, 7) is 11.1. The van der Waals surface area contributed by atoms with E-state index in [1.807, 2.05) is 30.3 Å². The molecule has 0 saturated carbocycles. The molecule has 1 N–H and O–H groups in total. The fourth-order valence-corrected chi connectivity index (χ4v) is 3.63. The molecule has 0 heterocycles. The first-order valence-electron chi connectivity index (χ1n) is 8.95. The Morgan fingerprint density at radius 2 is 1.81 bits per heavy atom. The van der Waals surface area contributed by atoms with Crippen molar-refractivity contribution in [2.75, 3.05) is 0 Å². The smallest absolute Gasteiger partial charge is 0.192 e. The van der Waals surface area contributed by atoms with Crippen LogP contribution in [0.3, 0.4) is 0 Å². The quantitative estimate of drug-likeness (QED) is 0.519. The number of aliphatic hydroxyl groups excluding tert-OH is 1. The van der Waals surface area contributed by atoms with Gasteiger partial charge in [-0.15, -0.1) is 6.42 Å². The van der Waals surface area contributed by atoms with Gasteiger partial charge in [0.15, 0.2) is 8.32 Å². The molecule has 26 heavy (non-hydrogen) atoms. The topological polar surface area (TPSA) is 62.5 Å². The fourth-order valence-electron chi connectivity index (χ4n) is 2.29. The third kappa shape index (κ3) is 6.94. The van der Waals surface area contributed by atoms with E-state index in [0.29, 0.717) is 6.61 Å². The number of nitrogens with zero attached hydrogens (tertiary/aromatic N) is 1. The van der Waals surface area contributed by atoms with Gasteiger partial charge in [-0.2, -0.15) is 5.26 Å². The van der Waals surface area contributed by atoms with E-state index >= 15 is 0 Å². The maximum Gasteiger partial charge on any atom is 0.192 e. The van der Waals surface area contributed by atoms with Gasteiger partial charge in [0, 0.05) is 6.42 Å². The van der Waals surface area contributed by atoms with Gasteiger partial charge in [0.05, 0.1) is 31.3 Å². The molecule has 0 aliphatic carbocycles. The van der Waals surface area contributed by atoms with E-state index in [-0.39, 0.29) is 17.9 Å². The molecule has 1 rings (SSSR count). The number of ether oxygens (including phenoxy) is 1. The van der Waals surface area contributed by atoms with Crippen LogP contribution in [0.15, 0.2) is 30.3 Å². The summed E-state index contributed by atoms with van der Waals surface area (Å²) in [7, 11) is -2.10. The molecule has 4 nitrogen and oxygen atoms in total. The molecule has 0 unspecified atom stereocenters. The van der Waals surface area contributed by atoms with Crippen molar-refractivity contribution in [2.24, 2.45) is 0 Å². The van der Waals surface area contributed by atoms with Crippen LogP contribution < -0.4 is 0 Å². The highest BCUT2D eigenvalue weighted by Crippen LogP contribution is 2.38. The second kappa shape index (κ2) is 9.90. The van der Waals surface area contributed by atoms with Crippen LogP contribution in [0.5, 0.6) is 0 Å². The number of benzene rings is 1. The number of terminal acetylenes is 1. The molecular formula is C21H31NO3Si. The van der Waals surface area contributed by atoms with Crippen molar-refractivity contribution in [3.8, 4) is 18.4 Å². The Morgan fingerprint density at radius 3 is 2.31 bits per heavy atom. The molecule has 0 aliphatic heterocycles. The number of aliphatic hydroxyl groups is 1. The summed E-state index contributed by atoms with van der Waals surface area (Å²) in [6.07, 6.45) is 3.98. The van der Waals surface area contributed by atoms with Crippen LogP contribution in [0.4, 0.5) is 0 Å². The fraction of sp³-hybridized carbons (Fsp3) is 0.571. The van der Waals surface area contributed by atoms with Crippen molar-refractivity contribution >= 4 is 8.32 Å². The van der Waals surface area contributed by atoms with Crippen LogP contribution in [0, 0.1) is 23.7 Å². The first-order chi connectivity index (χ1) is 12.1. The van der Waals surface area contributed by atoms with Gasteiger partial charge in [0.2, 0.25) is 0 Å². The van der Waals surface area contributed by atoms with Crippen LogP contribution in [0.25, 0.3) is 0 Å². The minimum atomic E-state index is -2.10. The summed E-state index contributed by atoms with van der Waals surface area (Å²) < 4.78 is 12.5. The van der Waals surface area contributed by atoms with Gasteiger partial charge in [0.1, 0.15) is 6.10 Å². The van der Waals surface area contributed by atoms with E-state index in [1.54, 1.807) is 0 Å². The second-order valence-corrected chi connectivity index (χ2v) is 12.8. The van der Waals surface area contributed by atoms with Crippen molar-refractivity contribution < 1.29 is 14.3 Å². The van der Waals surface area contributed by atoms with E-state index < -0.39 is 26.6 Å². The number of hydrogen-bond acceptors (Lipinski definition) is 4. The minimum Gasteiger partial charge on any atom is -0.410 e. The molecule has 0 spiro atoms. The summed E-state index contributed by atoms with van der Waals surface area (Å²) in [5.74, 6) is 2.33. The Morgan fingerprint density at radius 1 is 1.19 bits per heavy atom. The molecule has 0 aliphatic rings. The largest absolute Gasteiger partial charge is 0.410 e. The summed E-state index contributed by atoms with van der Waals surface area (Å²) >= 11 is 0. The first-order valence-corrected chi connectivity index (χ1v) is 11.9. The molecule has 0 radical (unpaired) electrons. The minimum absolute atomic E-state index is 0.00934. The lowest BCUT2D eigenvalue weighted by molar-refractivity contribution is -0.0544. The van der Waals surface area contributed by atoms with Crippen molar-refractivity contribution in [3.63, 3.8) is 0 Å². The van der Waals surface area contributed by atoms with Gasteiger partial charge < -0.3 is 14.3 Å². The molecule has 142 valence electrons. The summed E-state index contributed by atoms with van der Waals surface area (Å²) in [5.41, 5.74) is 1.02. The zero-order chi connectivity index (χ0) is 19.8.